The number of rotatable bonds is 9. The van der Waals surface area contributed by atoms with E-state index in [9.17, 15) is 24.4 Å². The lowest BCUT2D eigenvalue weighted by Gasteiger charge is -2.28. The third-order valence-corrected chi connectivity index (χ3v) is 7.98. The molecule has 2 unspecified atom stereocenters. The summed E-state index contributed by atoms with van der Waals surface area (Å²) in [6.07, 6.45) is -1.98. The molecule has 0 aliphatic carbocycles. The Morgan fingerprint density at radius 3 is 2.79 bits per heavy atom. The number of carbonyl (C=O) groups is 1. The normalized spacial score (nSPS) is 27.3. The topological polar surface area (TPSA) is 156 Å². The van der Waals surface area contributed by atoms with Gasteiger partial charge < -0.3 is 24.5 Å². The first-order chi connectivity index (χ1) is 15.4. The number of thioether (sulfide) groups is 1. The van der Waals surface area contributed by atoms with Crippen molar-refractivity contribution < 1.29 is 33.4 Å². The maximum Gasteiger partial charge on any atom is 0.407 e. The zero-order valence-electron chi connectivity index (χ0n) is 19.0. The van der Waals surface area contributed by atoms with Gasteiger partial charge in [-0.15, -0.1) is 0 Å². The van der Waals surface area contributed by atoms with Crippen molar-refractivity contribution in [1.82, 2.24) is 19.2 Å². The van der Waals surface area contributed by atoms with Crippen molar-refractivity contribution in [3.8, 4) is 0 Å². The van der Waals surface area contributed by atoms with Gasteiger partial charge in [0.15, 0.2) is 11.3 Å². The molecule has 3 heterocycles. The fourth-order valence-corrected chi connectivity index (χ4v) is 5.26. The molecule has 3 N–H and O–H groups in total. The van der Waals surface area contributed by atoms with Crippen molar-refractivity contribution in [3.63, 3.8) is 0 Å². The van der Waals surface area contributed by atoms with E-state index in [1.165, 1.54) is 37.2 Å². The third kappa shape index (κ3) is 5.41. The Hall–Kier alpha value is -1.57. The third-order valence-electron chi connectivity index (χ3n) is 5.24. The summed E-state index contributed by atoms with van der Waals surface area (Å²) in [5.41, 5.74) is -1.80. The Balaban J connectivity index is 1.76. The molecule has 33 heavy (non-hydrogen) atoms. The van der Waals surface area contributed by atoms with Crippen LogP contribution in [0.3, 0.4) is 0 Å². The van der Waals surface area contributed by atoms with Crippen LogP contribution >= 0.6 is 19.5 Å². The van der Waals surface area contributed by atoms with E-state index in [0.717, 1.165) is 11.8 Å². The molecule has 12 nitrogen and oxygen atoms in total. The number of hydrogen-bond acceptors (Lipinski definition) is 10. The first kappa shape index (κ1) is 26.0. The van der Waals surface area contributed by atoms with Crippen molar-refractivity contribution in [3.05, 3.63) is 28.4 Å². The summed E-state index contributed by atoms with van der Waals surface area (Å²) >= 11 is 1.04. The van der Waals surface area contributed by atoms with Crippen LogP contribution in [-0.4, -0.2) is 85.4 Å². The SMILES string of the molecule is CC(=O)SCCOP(=O)(OC[C@H]1O[C@@H](n2ccc3c(=O)[nH]c(C)nc32)C(C)(O)[C@H]1O)N(C)C. The van der Waals surface area contributed by atoms with E-state index in [4.69, 9.17) is 13.8 Å². The molecule has 3 rings (SSSR count). The van der Waals surface area contributed by atoms with Crippen molar-refractivity contribution in [2.45, 2.75) is 44.8 Å². The summed E-state index contributed by atoms with van der Waals surface area (Å²) < 4.78 is 32.7. The average Bonchev–Trinajstić information content (AvgIpc) is 3.22. The molecule has 0 spiro atoms. The van der Waals surface area contributed by atoms with E-state index < -0.39 is 31.8 Å². The van der Waals surface area contributed by atoms with Crippen molar-refractivity contribution in [2.24, 2.45) is 0 Å². The van der Waals surface area contributed by atoms with Crippen molar-refractivity contribution >= 4 is 35.7 Å². The van der Waals surface area contributed by atoms with Crippen LogP contribution in [0.25, 0.3) is 11.0 Å². The zero-order chi connectivity index (χ0) is 24.6. The van der Waals surface area contributed by atoms with Crippen LogP contribution < -0.4 is 5.56 Å². The van der Waals surface area contributed by atoms with Crippen LogP contribution in [0.15, 0.2) is 17.1 Å². The molecule has 1 aliphatic heterocycles. The average molecular weight is 505 g/mol. The first-order valence-corrected chi connectivity index (χ1v) is 12.7. The van der Waals surface area contributed by atoms with E-state index >= 15 is 0 Å². The number of hydrogen-bond donors (Lipinski definition) is 3. The standard InChI is InChI=1S/C19H29N4O8PS/c1-11-20-16-13(17(26)21-11)6-7-23(16)18-19(3,27)15(25)14(31-18)10-30-32(28,22(4)5)29-8-9-33-12(2)24/h6-7,14-15,18,25,27H,8-10H2,1-5H3,(H,20,21,26)/t14-,15+,18-,19?,32?/m1/s1. The smallest absolute Gasteiger partial charge is 0.387 e. The molecule has 0 aromatic carbocycles. The second-order valence-electron chi connectivity index (χ2n) is 8.09. The van der Waals surface area contributed by atoms with Gasteiger partial charge in [-0.2, -0.15) is 0 Å². The van der Waals surface area contributed by atoms with E-state index in [1.54, 1.807) is 19.2 Å². The van der Waals surface area contributed by atoms with E-state index in [-0.39, 0.29) is 23.9 Å². The molecule has 0 radical (unpaired) electrons. The first-order valence-electron chi connectivity index (χ1n) is 10.2. The van der Waals surface area contributed by atoms with Gasteiger partial charge in [-0.25, -0.2) is 14.2 Å². The Bertz CT molecular complexity index is 1120. The summed E-state index contributed by atoms with van der Waals surface area (Å²) in [5, 5.41) is 22.0. The monoisotopic (exact) mass is 504 g/mol. The Labute approximate surface area is 194 Å². The molecular formula is C19H29N4O8PS. The van der Waals surface area contributed by atoms with E-state index in [2.05, 4.69) is 9.97 Å². The Morgan fingerprint density at radius 2 is 2.15 bits per heavy atom. The van der Waals surface area contributed by atoms with Gasteiger partial charge in [0, 0.05) is 18.9 Å². The lowest BCUT2D eigenvalue weighted by molar-refractivity contribution is -0.109. The predicted molar refractivity (Wildman–Crippen MR) is 122 cm³/mol. The summed E-state index contributed by atoms with van der Waals surface area (Å²) in [7, 11) is -0.702. The Kier molecular flexibility index (Phi) is 7.86. The maximum atomic E-state index is 13.1. The number of aromatic nitrogens is 3. The summed E-state index contributed by atoms with van der Waals surface area (Å²) in [5.74, 6) is 0.694. The lowest BCUT2D eigenvalue weighted by Crippen LogP contribution is -2.44. The molecule has 1 fully saturated rings. The molecule has 1 aliphatic rings. The van der Waals surface area contributed by atoms with Gasteiger partial charge in [0.2, 0.25) is 0 Å². The highest BCUT2D eigenvalue weighted by molar-refractivity contribution is 8.13. The fraction of sp³-hybridized carbons (Fsp3) is 0.632. The fourth-order valence-electron chi connectivity index (χ4n) is 3.49. The van der Waals surface area contributed by atoms with Crippen LogP contribution in [-0.2, 0) is 23.1 Å². The second-order valence-corrected chi connectivity index (χ2v) is 11.6. The van der Waals surface area contributed by atoms with Gasteiger partial charge in [0.05, 0.1) is 18.6 Å². The molecule has 1 saturated heterocycles. The molecule has 0 amide bonds. The Morgan fingerprint density at radius 1 is 1.45 bits per heavy atom. The second kappa shape index (κ2) is 9.96. The summed E-state index contributed by atoms with van der Waals surface area (Å²) in [6, 6.07) is 1.55. The van der Waals surface area contributed by atoms with Crippen LogP contribution in [0, 0.1) is 6.92 Å². The number of nitrogens with one attached hydrogen (secondary N) is 1. The highest BCUT2D eigenvalue weighted by atomic mass is 32.2. The van der Waals surface area contributed by atoms with Gasteiger partial charge >= 0.3 is 7.75 Å². The molecule has 2 aromatic rings. The van der Waals surface area contributed by atoms with Crippen LogP contribution in [0.2, 0.25) is 0 Å². The summed E-state index contributed by atoms with van der Waals surface area (Å²) in [6.45, 7) is 4.13. The number of H-pyrrole nitrogens is 1. The maximum absolute atomic E-state index is 13.1. The molecule has 184 valence electrons. The number of fused-ring (bicyclic) bond motifs is 1. The zero-order valence-corrected chi connectivity index (χ0v) is 20.8. The minimum atomic E-state index is -3.73. The summed E-state index contributed by atoms with van der Waals surface area (Å²) in [4.78, 5) is 30.2. The van der Waals surface area contributed by atoms with Crippen LogP contribution in [0.5, 0.6) is 0 Å². The number of ether oxygens (including phenoxy) is 1. The number of aryl methyl sites for hydroxylation is 1. The minimum Gasteiger partial charge on any atom is -0.387 e. The van der Waals surface area contributed by atoms with Gasteiger partial charge in [-0.05, 0) is 34.0 Å². The lowest BCUT2D eigenvalue weighted by atomic mass is 9.96. The molecule has 14 heteroatoms. The quantitative estimate of drug-likeness (QED) is 0.331. The highest BCUT2D eigenvalue weighted by Gasteiger charge is 2.54. The van der Waals surface area contributed by atoms with Crippen molar-refractivity contribution in [1.29, 1.82) is 0 Å². The van der Waals surface area contributed by atoms with Crippen LogP contribution in [0.1, 0.15) is 25.9 Å². The molecule has 5 atom stereocenters. The van der Waals surface area contributed by atoms with Gasteiger partial charge in [-0.1, -0.05) is 11.8 Å². The van der Waals surface area contributed by atoms with Crippen LogP contribution in [0.4, 0.5) is 0 Å². The minimum absolute atomic E-state index is 0.0169. The predicted octanol–water partition coefficient (Wildman–Crippen LogP) is 1.02. The molecule has 0 bridgehead atoms. The van der Waals surface area contributed by atoms with E-state index in [0.29, 0.717) is 22.6 Å². The number of aliphatic hydroxyl groups excluding tert-OH is 1. The van der Waals surface area contributed by atoms with Gasteiger partial charge in [0.25, 0.3) is 5.56 Å². The number of carbonyl (C=O) groups excluding carboxylic acids is 1. The van der Waals surface area contributed by atoms with E-state index in [1.807, 2.05) is 0 Å². The molecule has 2 aromatic heterocycles. The number of aliphatic hydroxyl groups is 2. The molecular weight excluding hydrogens is 475 g/mol. The van der Waals surface area contributed by atoms with Gasteiger partial charge in [-0.3, -0.25) is 18.6 Å². The van der Waals surface area contributed by atoms with Gasteiger partial charge in [0.1, 0.15) is 29.3 Å². The highest BCUT2D eigenvalue weighted by Crippen LogP contribution is 2.51. The number of nitrogens with zero attached hydrogens (tertiary/aromatic N) is 3. The number of aromatic amines is 1. The molecule has 0 saturated carbocycles. The largest absolute Gasteiger partial charge is 0.407 e. The van der Waals surface area contributed by atoms with Crippen molar-refractivity contribution in [2.75, 3.05) is 33.1 Å².